The van der Waals surface area contributed by atoms with Crippen molar-refractivity contribution in [3.63, 3.8) is 0 Å². The van der Waals surface area contributed by atoms with Crippen LogP contribution in [0.1, 0.15) is 33.6 Å². The molecule has 1 aromatic carbocycles. The first kappa shape index (κ1) is 15.9. The molecule has 1 aromatic rings. The molecule has 0 aromatic heterocycles. The van der Waals surface area contributed by atoms with Gasteiger partial charge in [0.15, 0.2) is 0 Å². The standard InChI is InChI=1S/C16H24Cl2N2/c1-4-6-12-10-20(15(9-19-12)11(2)3)14-8-5-7-13(17)16(14)18/h5,7-8,11-12,15,19H,4,6,9-10H2,1-3H3. The van der Waals surface area contributed by atoms with Gasteiger partial charge in [-0.15, -0.1) is 0 Å². The van der Waals surface area contributed by atoms with E-state index >= 15 is 0 Å². The van der Waals surface area contributed by atoms with Crippen LogP contribution in [0.15, 0.2) is 18.2 Å². The van der Waals surface area contributed by atoms with Gasteiger partial charge in [-0.05, 0) is 24.5 Å². The van der Waals surface area contributed by atoms with Gasteiger partial charge in [-0.3, -0.25) is 0 Å². The molecular formula is C16H24Cl2N2. The zero-order valence-corrected chi connectivity index (χ0v) is 14.0. The summed E-state index contributed by atoms with van der Waals surface area (Å²) in [7, 11) is 0. The summed E-state index contributed by atoms with van der Waals surface area (Å²) < 4.78 is 0. The van der Waals surface area contributed by atoms with Crippen LogP contribution in [-0.2, 0) is 0 Å². The van der Waals surface area contributed by atoms with Crippen LogP contribution in [0.2, 0.25) is 10.0 Å². The third kappa shape index (κ3) is 3.41. The summed E-state index contributed by atoms with van der Waals surface area (Å²) in [6.07, 6.45) is 2.39. The zero-order chi connectivity index (χ0) is 14.7. The Labute approximate surface area is 132 Å². The summed E-state index contributed by atoms with van der Waals surface area (Å²) in [5.41, 5.74) is 1.07. The second-order valence-corrected chi connectivity index (χ2v) is 6.72. The Bertz CT molecular complexity index is 448. The highest BCUT2D eigenvalue weighted by atomic mass is 35.5. The molecule has 1 fully saturated rings. The fourth-order valence-electron chi connectivity index (χ4n) is 2.96. The molecule has 2 rings (SSSR count). The molecule has 20 heavy (non-hydrogen) atoms. The topological polar surface area (TPSA) is 15.3 Å². The quantitative estimate of drug-likeness (QED) is 0.874. The Hall–Kier alpha value is -0.440. The molecule has 0 spiro atoms. The lowest BCUT2D eigenvalue weighted by Crippen LogP contribution is -2.58. The fraction of sp³-hybridized carbons (Fsp3) is 0.625. The Morgan fingerprint density at radius 3 is 2.75 bits per heavy atom. The van der Waals surface area contributed by atoms with Crippen LogP contribution < -0.4 is 10.2 Å². The summed E-state index contributed by atoms with van der Waals surface area (Å²) in [4.78, 5) is 2.44. The smallest absolute Gasteiger partial charge is 0.0825 e. The minimum Gasteiger partial charge on any atom is -0.364 e. The van der Waals surface area contributed by atoms with Crippen molar-refractivity contribution in [3.05, 3.63) is 28.2 Å². The first-order valence-electron chi connectivity index (χ1n) is 7.48. The summed E-state index contributed by atoms with van der Waals surface area (Å²) >= 11 is 12.6. The van der Waals surface area contributed by atoms with Crippen molar-refractivity contribution < 1.29 is 0 Å². The van der Waals surface area contributed by atoms with Crippen molar-refractivity contribution in [2.45, 2.75) is 45.7 Å². The molecule has 0 saturated carbocycles. The van der Waals surface area contributed by atoms with E-state index in [1.54, 1.807) is 0 Å². The summed E-state index contributed by atoms with van der Waals surface area (Å²) in [5.74, 6) is 0.570. The predicted molar refractivity (Wildman–Crippen MR) is 89.1 cm³/mol. The van der Waals surface area contributed by atoms with Crippen LogP contribution >= 0.6 is 23.2 Å². The highest BCUT2D eigenvalue weighted by molar-refractivity contribution is 6.43. The van der Waals surface area contributed by atoms with Crippen molar-refractivity contribution in [2.75, 3.05) is 18.0 Å². The van der Waals surface area contributed by atoms with E-state index in [1.807, 2.05) is 12.1 Å². The summed E-state index contributed by atoms with van der Waals surface area (Å²) in [6, 6.07) is 6.91. The Morgan fingerprint density at radius 2 is 2.10 bits per heavy atom. The van der Waals surface area contributed by atoms with Gasteiger partial charge in [0, 0.05) is 25.2 Å². The van der Waals surface area contributed by atoms with E-state index in [9.17, 15) is 0 Å². The normalized spacial score (nSPS) is 23.4. The number of benzene rings is 1. The monoisotopic (exact) mass is 314 g/mol. The van der Waals surface area contributed by atoms with Crippen molar-refractivity contribution in [1.29, 1.82) is 0 Å². The van der Waals surface area contributed by atoms with Crippen molar-refractivity contribution in [2.24, 2.45) is 5.92 Å². The molecule has 4 heteroatoms. The predicted octanol–water partition coefficient (Wildman–Crippen LogP) is 4.60. The molecule has 2 unspecified atom stereocenters. The van der Waals surface area contributed by atoms with Gasteiger partial charge in [0.1, 0.15) is 0 Å². The lowest BCUT2D eigenvalue weighted by Gasteiger charge is -2.44. The average molecular weight is 315 g/mol. The number of rotatable bonds is 4. The Balaban J connectivity index is 2.29. The van der Waals surface area contributed by atoms with Crippen LogP contribution in [0.3, 0.4) is 0 Å². The highest BCUT2D eigenvalue weighted by Crippen LogP contribution is 2.35. The van der Waals surface area contributed by atoms with Gasteiger partial charge < -0.3 is 10.2 Å². The van der Waals surface area contributed by atoms with Crippen LogP contribution in [0, 0.1) is 5.92 Å². The maximum atomic E-state index is 6.43. The molecule has 0 aliphatic carbocycles. The van der Waals surface area contributed by atoms with E-state index < -0.39 is 0 Å². The van der Waals surface area contributed by atoms with Gasteiger partial charge in [0.05, 0.1) is 15.7 Å². The zero-order valence-electron chi connectivity index (χ0n) is 12.5. The van der Waals surface area contributed by atoms with Crippen LogP contribution in [0.5, 0.6) is 0 Å². The minimum atomic E-state index is 0.457. The first-order chi connectivity index (χ1) is 9.54. The minimum absolute atomic E-state index is 0.457. The second-order valence-electron chi connectivity index (χ2n) is 5.93. The molecule has 1 heterocycles. The molecule has 0 amide bonds. The summed E-state index contributed by atoms with van der Waals surface area (Å²) in [6.45, 7) is 8.75. The van der Waals surface area contributed by atoms with E-state index in [-0.39, 0.29) is 0 Å². The third-order valence-electron chi connectivity index (χ3n) is 4.08. The molecule has 0 bridgehead atoms. The van der Waals surface area contributed by atoms with Crippen molar-refractivity contribution in [3.8, 4) is 0 Å². The number of hydrogen-bond acceptors (Lipinski definition) is 2. The van der Waals surface area contributed by atoms with Gasteiger partial charge in [0.2, 0.25) is 0 Å². The van der Waals surface area contributed by atoms with E-state index in [2.05, 4.69) is 37.1 Å². The number of piperazine rings is 1. The largest absolute Gasteiger partial charge is 0.364 e. The molecule has 0 radical (unpaired) electrons. The van der Waals surface area contributed by atoms with E-state index in [0.29, 0.717) is 28.0 Å². The van der Waals surface area contributed by atoms with Gasteiger partial charge in [-0.25, -0.2) is 0 Å². The number of halogens is 2. The van der Waals surface area contributed by atoms with Crippen LogP contribution in [0.25, 0.3) is 0 Å². The van der Waals surface area contributed by atoms with Gasteiger partial charge >= 0.3 is 0 Å². The fourth-order valence-corrected chi connectivity index (χ4v) is 3.37. The van der Waals surface area contributed by atoms with Crippen LogP contribution in [0.4, 0.5) is 5.69 Å². The Kier molecular flexibility index (Phi) is 5.59. The molecule has 1 aliphatic rings. The van der Waals surface area contributed by atoms with Gasteiger partial charge in [-0.2, -0.15) is 0 Å². The van der Waals surface area contributed by atoms with Crippen molar-refractivity contribution in [1.82, 2.24) is 5.32 Å². The number of nitrogens with one attached hydrogen (secondary N) is 1. The molecule has 2 atom stereocenters. The highest BCUT2D eigenvalue weighted by Gasteiger charge is 2.30. The second kappa shape index (κ2) is 7.02. The molecule has 1 aliphatic heterocycles. The Morgan fingerprint density at radius 1 is 1.35 bits per heavy atom. The summed E-state index contributed by atoms with van der Waals surface area (Å²) in [5, 5.41) is 4.98. The first-order valence-corrected chi connectivity index (χ1v) is 8.24. The lowest BCUT2D eigenvalue weighted by atomic mass is 9.96. The van der Waals surface area contributed by atoms with Crippen molar-refractivity contribution >= 4 is 28.9 Å². The number of nitrogens with zero attached hydrogens (tertiary/aromatic N) is 1. The SMILES string of the molecule is CCCC1CN(c2cccc(Cl)c2Cl)C(C(C)C)CN1. The number of hydrogen-bond donors (Lipinski definition) is 1. The molecule has 1 saturated heterocycles. The van der Waals surface area contributed by atoms with Gasteiger partial charge in [-0.1, -0.05) is 56.5 Å². The molecule has 112 valence electrons. The maximum Gasteiger partial charge on any atom is 0.0825 e. The van der Waals surface area contributed by atoms with Gasteiger partial charge in [0.25, 0.3) is 0 Å². The molecular weight excluding hydrogens is 291 g/mol. The molecule has 2 nitrogen and oxygen atoms in total. The average Bonchev–Trinajstić information content (AvgIpc) is 2.42. The third-order valence-corrected chi connectivity index (χ3v) is 4.89. The number of anilines is 1. The lowest BCUT2D eigenvalue weighted by molar-refractivity contribution is 0.327. The molecule has 1 N–H and O–H groups in total. The van der Waals surface area contributed by atoms with E-state index in [1.165, 1.54) is 12.8 Å². The van der Waals surface area contributed by atoms with Crippen LogP contribution in [-0.4, -0.2) is 25.2 Å². The van der Waals surface area contributed by atoms with E-state index in [4.69, 9.17) is 23.2 Å². The van der Waals surface area contributed by atoms with E-state index in [0.717, 1.165) is 18.8 Å². The maximum absolute atomic E-state index is 6.43.